The Balaban J connectivity index is 2.72. The van der Waals surface area contributed by atoms with Crippen LogP contribution in [0.25, 0.3) is 0 Å². The summed E-state index contributed by atoms with van der Waals surface area (Å²) in [5.74, 6) is -0.638. The number of likely N-dealkylation sites (N-methyl/N-ethyl adjacent to an activating group) is 1. The van der Waals surface area contributed by atoms with Gasteiger partial charge in [0.1, 0.15) is 11.9 Å². The molecule has 0 fully saturated rings. The number of nitrogens with one attached hydrogen (secondary N) is 1. The minimum Gasteiger partial charge on any atom is -0.468 e. The molecule has 0 bridgehead atoms. The minimum atomic E-state index is -0.463. The molecule has 1 atom stereocenters. The van der Waals surface area contributed by atoms with E-state index in [4.69, 9.17) is 4.74 Å². The van der Waals surface area contributed by atoms with Crippen molar-refractivity contribution in [2.45, 2.75) is 19.4 Å². The first kappa shape index (κ1) is 15.4. The van der Waals surface area contributed by atoms with Crippen molar-refractivity contribution in [3.63, 3.8) is 0 Å². The molecule has 0 spiro atoms. The van der Waals surface area contributed by atoms with Crippen molar-refractivity contribution < 1.29 is 13.9 Å². The Morgan fingerprint density at radius 1 is 1.47 bits per heavy atom. The molecule has 0 heterocycles. The van der Waals surface area contributed by atoms with Gasteiger partial charge in [-0.3, -0.25) is 4.79 Å². The van der Waals surface area contributed by atoms with Gasteiger partial charge in [0.2, 0.25) is 0 Å². The Kier molecular flexibility index (Phi) is 6.29. The van der Waals surface area contributed by atoms with Gasteiger partial charge in [0.25, 0.3) is 0 Å². The highest BCUT2D eigenvalue weighted by Gasteiger charge is 2.21. The van der Waals surface area contributed by atoms with Crippen molar-refractivity contribution in [3.05, 3.63) is 30.1 Å². The molecule has 5 heteroatoms. The Bertz CT molecular complexity index is 412. The molecule has 1 aromatic carbocycles. The SMILES string of the molecule is CCCNC(CN(C)c1ccccc1F)C(=O)OC. The van der Waals surface area contributed by atoms with E-state index in [1.807, 2.05) is 6.92 Å². The van der Waals surface area contributed by atoms with Crippen LogP contribution in [0.4, 0.5) is 10.1 Å². The fourth-order valence-electron chi connectivity index (χ4n) is 1.82. The first-order chi connectivity index (χ1) is 9.10. The van der Waals surface area contributed by atoms with E-state index in [2.05, 4.69) is 5.32 Å². The highest BCUT2D eigenvalue weighted by Crippen LogP contribution is 2.17. The van der Waals surface area contributed by atoms with Gasteiger partial charge in [0.05, 0.1) is 12.8 Å². The fourth-order valence-corrected chi connectivity index (χ4v) is 1.82. The third kappa shape index (κ3) is 4.52. The maximum atomic E-state index is 13.6. The van der Waals surface area contributed by atoms with Crippen molar-refractivity contribution in [1.82, 2.24) is 5.32 Å². The predicted octanol–water partition coefficient (Wildman–Crippen LogP) is 1.80. The van der Waals surface area contributed by atoms with Gasteiger partial charge in [-0.15, -0.1) is 0 Å². The van der Waals surface area contributed by atoms with Crippen LogP contribution in [0.3, 0.4) is 0 Å². The number of esters is 1. The Labute approximate surface area is 113 Å². The number of hydrogen-bond donors (Lipinski definition) is 1. The van der Waals surface area contributed by atoms with Crippen LogP contribution in [0.1, 0.15) is 13.3 Å². The van der Waals surface area contributed by atoms with Crippen LogP contribution in [-0.4, -0.2) is 39.3 Å². The predicted molar refractivity (Wildman–Crippen MR) is 73.8 cm³/mol. The first-order valence-corrected chi connectivity index (χ1v) is 6.37. The number of halogens is 1. The lowest BCUT2D eigenvalue weighted by atomic mass is 10.2. The summed E-state index contributed by atoms with van der Waals surface area (Å²) in [7, 11) is 3.11. The van der Waals surface area contributed by atoms with Gasteiger partial charge in [-0.25, -0.2) is 4.39 Å². The van der Waals surface area contributed by atoms with Gasteiger partial charge in [-0.1, -0.05) is 19.1 Å². The van der Waals surface area contributed by atoms with Crippen molar-refractivity contribution in [2.24, 2.45) is 0 Å². The van der Waals surface area contributed by atoms with E-state index in [1.54, 1.807) is 30.1 Å². The van der Waals surface area contributed by atoms with Crippen molar-refractivity contribution >= 4 is 11.7 Å². The number of hydrogen-bond acceptors (Lipinski definition) is 4. The molecule has 0 saturated heterocycles. The number of ether oxygens (including phenoxy) is 1. The second-order valence-electron chi connectivity index (χ2n) is 4.36. The minimum absolute atomic E-state index is 0.302. The second-order valence-corrected chi connectivity index (χ2v) is 4.36. The van der Waals surface area contributed by atoms with Gasteiger partial charge in [0.15, 0.2) is 0 Å². The van der Waals surface area contributed by atoms with E-state index in [0.717, 1.165) is 6.42 Å². The zero-order chi connectivity index (χ0) is 14.3. The zero-order valence-corrected chi connectivity index (χ0v) is 11.6. The van der Waals surface area contributed by atoms with Crippen LogP contribution in [0.5, 0.6) is 0 Å². The molecule has 0 aliphatic rings. The molecule has 1 aromatic rings. The van der Waals surface area contributed by atoms with Gasteiger partial charge in [-0.2, -0.15) is 0 Å². The van der Waals surface area contributed by atoms with E-state index in [-0.39, 0.29) is 11.8 Å². The summed E-state index contributed by atoms with van der Waals surface area (Å²) in [5.41, 5.74) is 0.467. The first-order valence-electron chi connectivity index (χ1n) is 6.37. The van der Waals surface area contributed by atoms with E-state index in [9.17, 15) is 9.18 Å². The standard InChI is InChI=1S/C14H21FN2O2/c1-4-9-16-12(14(18)19-3)10-17(2)13-8-6-5-7-11(13)15/h5-8,12,16H,4,9-10H2,1-3H3. The number of anilines is 1. The third-order valence-electron chi connectivity index (χ3n) is 2.85. The van der Waals surface area contributed by atoms with Crippen LogP contribution in [0.2, 0.25) is 0 Å². The summed E-state index contributed by atoms with van der Waals surface area (Å²) < 4.78 is 18.4. The number of methoxy groups -OCH3 is 1. The molecule has 0 aliphatic heterocycles. The smallest absolute Gasteiger partial charge is 0.324 e. The summed E-state index contributed by atoms with van der Waals surface area (Å²) in [5, 5.41) is 3.10. The molecular formula is C14H21FN2O2. The zero-order valence-electron chi connectivity index (χ0n) is 11.6. The van der Waals surface area contributed by atoms with Crippen molar-refractivity contribution in [3.8, 4) is 0 Å². The molecule has 106 valence electrons. The van der Waals surface area contributed by atoms with Crippen LogP contribution >= 0.6 is 0 Å². The molecule has 19 heavy (non-hydrogen) atoms. The summed E-state index contributed by atoms with van der Waals surface area (Å²) in [6.07, 6.45) is 0.914. The average molecular weight is 268 g/mol. The molecule has 4 nitrogen and oxygen atoms in total. The Hall–Kier alpha value is -1.62. The van der Waals surface area contributed by atoms with Crippen molar-refractivity contribution in [1.29, 1.82) is 0 Å². The van der Waals surface area contributed by atoms with E-state index >= 15 is 0 Å². The lowest BCUT2D eigenvalue weighted by molar-refractivity contribution is -0.142. The van der Waals surface area contributed by atoms with Crippen molar-refractivity contribution in [2.75, 3.05) is 32.1 Å². The Morgan fingerprint density at radius 3 is 2.74 bits per heavy atom. The number of carbonyl (C=O) groups excluding carboxylic acids is 1. The molecule has 0 amide bonds. The molecule has 0 aliphatic carbocycles. The second kappa shape index (κ2) is 7.74. The average Bonchev–Trinajstić information content (AvgIpc) is 2.42. The van der Waals surface area contributed by atoms with E-state index in [0.29, 0.717) is 18.8 Å². The number of nitrogens with zero attached hydrogens (tertiary/aromatic N) is 1. The van der Waals surface area contributed by atoms with Gasteiger partial charge in [-0.05, 0) is 25.1 Å². The largest absolute Gasteiger partial charge is 0.468 e. The summed E-state index contributed by atoms with van der Waals surface area (Å²) in [6.45, 7) is 3.08. The molecule has 0 saturated carbocycles. The van der Waals surface area contributed by atoms with Crippen LogP contribution in [-0.2, 0) is 9.53 Å². The summed E-state index contributed by atoms with van der Waals surface area (Å²) in [4.78, 5) is 13.4. The number of benzene rings is 1. The third-order valence-corrected chi connectivity index (χ3v) is 2.85. The Morgan fingerprint density at radius 2 is 2.16 bits per heavy atom. The maximum Gasteiger partial charge on any atom is 0.324 e. The lowest BCUT2D eigenvalue weighted by Gasteiger charge is -2.25. The number of para-hydroxylation sites is 1. The molecule has 0 aromatic heterocycles. The summed E-state index contributed by atoms with van der Waals surface area (Å²) >= 11 is 0. The maximum absolute atomic E-state index is 13.6. The fraction of sp³-hybridized carbons (Fsp3) is 0.500. The van der Waals surface area contributed by atoms with E-state index < -0.39 is 6.04 Å². The molecule has 1 rings (SSSR count). The van der Waals surface area contributed by atoms with Gasteiger partial charge >= 0.3 is 5.97 Å². The topological polar surface area (TPSA) is 41.6 Å². The van der Waals surface area contributed by atoms with Crippen LogP contribution in [0.15, 0.2) is 24.3 Å². The molecular weight excluding hydrogens is 247 g/mol. The number of rotatable bonds is 7. The van der Waals surface area contributed by atoms with Gasteiger partial charge in [0, 0.05) is 13.6 Å². The number of carbonyl (C=O) groups is 1. The monoisotopic (exact) mass is 268 g/mol. The highest BCUT2D eigenvalue weighted by atomic mass is 19.1. The highest BCUT2D eigenvalue weighted by molar-refractivity contribution is 5.76. The van der Waals surface area contributed by atoms with Gasteiger partial charge < -0.3 is 15.0 Å². The molecule has 1 N–H and O–H groups in total. The molecule has 1 unspecified atom stereocenters. The van der Waals surface area contributed by atoms with Crippen LogP contribution in [0, 0.1) is 5.82 Å². The summed E-state index contributed by atoms with van der Waals surface area (Å²) in [6, 6.07) is 6.03. The van der Waals surface area contributed by atoms with Crippen LogP contribution < -0.4 is 10.2 Å². The normalized spacial score (nSPS) is 12.0. The van der Waals surface area contributed by atoms with E-state index in [1.165, 1.54) is 13.2 Å². The lowest BCUT2D eigenvalue weighted by Crippen LogP contribution is -2.46. The molecule has 0 radical (unpaired) electrons. The quantitative estimate of drug-likeness (QED) is 0.766.